The minimum Gasteiger partial charge on any atom is -0.306 e. The molecule has 2 aromatic carbocycles. The van der Waals surface area contributed by atoms with Crippen molar-refractivity contribution in [1.82, 2.24) is 10.3 Å². The van der Waals surface area contributed by atoms with Gasteiger partial charge in [0.05, 0.1) is 0 Å². The summed E-state index contributed by atoms with van der Waals surface area (Å²) in [5.41, 5.74) is 2.45. The molecular formula is C18H17ClN2. The highest BCUT2D eigenvalue weighted by molar-refractivity contribution is 6.30. The van der Waals surface area contributed by atoms with Crippen LogP contribution in [0.3, 0.4) is 0 Å². The summed E-state index contributed by atoms with van der Waals surface area (Å²) in [4.78, 5) is 4.32. The molecule has 0 saturated carbocycles. The molecule has 0 radical (unpaired) electrons. The number of nitrogens with zero attached hydrogens (tertiary/aromatic N) is 1. The van der Waals surface area contributed by atoms with Crippen LogP contribution in [0.25, 0.3) is 10.8 Å². The van der Waals surface area contributed by atoms with Gasteiger partial charge in [-0.25, -0.2) is 0 Å². The molecule has 0 unspecified atom stereocenters. The SMILES string of the molecule is C[C@H](NCc1cncc2ccccc12)c1ccc(Cl)cc1. The van der Waals surface area contributed by atoms with Crippen LogP contribution >= 0.6 is 11.6 Å². The van der Waals surface area contributed by atoms with E-state index in [1.54, 1.807) is 0 Å². The number of rotatable bonds is 4. The lowest BCUT2D eigenvalue weighted by atomic mass is 10.1. The van der Waals surface area contributed by atoms with Crippen LogP contribution in [0.4, 0.5) is 0 Å². The molecule has 1 N–H and O–H groups in total. The van der Waals surface area contributed by atoms with Crippen LogP contribution in [0, 0.1) is 0 Å². The van der Waals surface area contributed by atoms with Crippen molar-refractivity contribution >= 4 is 22.4 Å². The van der Waals surface area contributed by atoms with Crippen molar-refractivity contribution in [2.24, 2.45) is 0 Å². The Hall–Kier alpha value is -1.90. The van der Waals surface area contributed by atoms with E-state index >= 15 is 0 Å². The first-order valence-corrected chi connectivity index (χ1v) is 7.42. The van der Waals surface area contributed by atoms with Gasteiger partial charge in [0.2, 0.25) is 0 Å². The Morgan fingerprint density at radius 3 is 2.62 bits per heavy atom. The lowest BCUT2D eigenvalue weighted by Gasteiger charge is -2.15. The molecule has 0 aliphatic carbocycles. The second-order valence-corrected chi connectivity index (χ2v) is 5.61. The first-order valence-electron chi connectivity index (χ1n) is 7.04. The Kier molecular flexibility index (Phi) is 4.18. The van der Waals surface area contributed by atoms with Crippen molar-refractivity contribution in [1.29, 1.82) is 0 Å². The van der Waals surface area contributed by atoms with E-state index < -0.39 is 0 Å². The zero-order valence-corrected chi connectivity index (χ0v) is 12.6. The molecule has 0 fully saturated rings. The maximum Gasteiger partial charge on any atom is 0.0406 e. The molecule has 1 atom stereocenters. The molecule has 3 aromatic rings. The molecule has 1 heterocycles. The lowest BCUT2D eigenvalue weighted by molar-refractivity contribution is 0.576. The zero-order chi connectivity index (χ0) is 14.7. The van der Waals surface area contributed by atoms with E-state index in [9.17, 15) is 0 Å². The molecule has 0 aliphatic rings. The van der Waals surface area contributed by atoms with Gasteiger partial charge in [0.15, 0.2) is 0 Å². The lowest BCUT2D eigenvalue weighted by Crippen LogP contribution is -2.18. The van der Waals surface area contributed by atoms with Crippen LogP contribution in [-0.4, -0.2) is 4.98 Å². The van der Waals surface area contributed by atoms with E-state index in [2.05, 4.69) is 47.6 Å². The van der Waals surface area contributed by atoms with E-state index in [-0.39, 0.29) is 6.04 Å². The van der Waals surface area contributed by atoms with Crippen molar-refractivity contribution < 1.29 is 0 Å². The van der Waals surface area contributed by atoms with E-state index in [1.807, 2.05) is 30.6 Å². The minimum absolute atomic E-state index is 0.265. The standard InChI is InChI=1S/C18H17ClN2/c1-13(14-6-8-17(19)9-7-14)21-12-16-11-20-10-15-4-2-3-5-18(15)16/h2-11,13,21H,12H2,1H3/t13-/m0/s1. The molecule has 21 heavy (non-hydrogen) atoms. The van der Waals surface area contributed by atoms with E-state index in [1.165, 1.54) is 21.9 Å². The Labute approximate surface area is 129 Å². The fourth-order valence-electron chi connectivity index (χ4n) is 2.45. The van der Waals surface area contributed by atoms with E-state index in [0.29, 0.717) is 0 Å². The van der Waals surface area contributed by atoms with E-state index in [0.717, 1.165) is 11.6 Å². The van der Waals surface area contributed by atoms with Crippen molar-refractivity contribution in [3.05, 3.63) is 77.1 Å². The fourth-order valence-corrected chi connectivity index (χ4v) is 2.58. The Balaban J connectivity index is 1.76. The summed E-state index contributed by atoms with van der Waals surface area (Å²) in [6.07, 6.45) is 3.84. The van der Waals surface area contributed by atoms with Crippen molar-refractivity contribution in [3.63, 3.8) is 0 Å². The molecule has 106 valence electrons. The summed E-state index contributed by atoms with van der Waals surface area (Å²) in [7, 11) is 0. The summed E-state index contributed by atoms with van der Waals surface area (Å²) < 4.78 is 0. The Morgan fingerprint density at radius 2 is 1.81 bits per heavy atom. The van der Waals surface area contributed by atoms with Gasteiger partial charge in [-0.3, -0.25) is 4.98 Å². The number of halogens is 1. The number of pyridine rings is 1. The second-order valence-electron chi connectivity index (χ2n) is 5.17. The smallest absolute Gasteiger partial charge is 0.0406 e. The summed E-state index contributed by atoms with van der Waals surface area (Å²) in [5, 5.41) is 6.74. The molecule has 0 saturated heterocycles. The number of benzene rings is 2. The van der Waals surface area contributed by atoms with Crippen LogP contribution in [0.1, 0.15) is 24.1 Å². The third-order valence-electron chi connectivity index (χ3n) is 3.72. The quantitative estimate of drug-likeness (QED) is 0.752. The van der Waals surface area contributed by atoms with Gasteiger partial charge in [-0.05, 0) is 35.6 Å². The minimum atomic E-state index is 0.265. The molecule has 0 amide bonds. The largest absolute Gasteiger partial charge is 0.306 e. The van der Waals surface area contributed by atoms with Crippen LogP contribution in [0.5, 0.6) is 0 Å². The van der Waals surface area contributed by atoms with Gasteiger partial charge in [-0.1, -0.05) is 48.0 Å². The van der Waals surface area contributed by atoms with Gasteiger partial charge in [0.1, 0.15) is 0 Å². The topological polar surface area (TPSA) is 24.9 Å². The maximum atomic E-state index is 5.93. The highest BCUT2D eigenvalue weighted by atomic mass is 35.5. The zero-order valence-electron chi connectivity index (χ0n) is 11.9. The van der Waals surface area contributed by atoms with Crippen LogP contribution in [0.2, 0.25) is 5.02 Å². The fraction of sp³-hybridized carbons (Fsp3) is 0.167. The van der Waals surface area contributed by atoms with Gasteiger partial charge in [-0.2, -0.15) is 0 Å². The Bertz CT molecular complexity index is 732. The molecule has 2 nitrogen and oxygen atoms in total. The maximum absolute atomic E-state index is 5.93. The predicted molar refractivity (Wildman–Crippen MR) is 88.4 cm³/mol. The predicted octanol–water partition coefficient (Wildman–Crippen LogP) is 4.74. The molecule has 0 spiro atoms. The van der Waals surface area contributed by atoms with Crippen LogP contribution < -0.4 is 5.32 Å². The van der Waals surface area contributed by atoms with Gasteiger partial charge in [-0.15, -0.1) is 0 Å². The van der Waals surface area contributed by atoms with Crippen molar-refractivity contribution in [2.75, 3.05) is 0 Å². The van der Waals surface area contributed by atoms with E-state index in [4.69, 9.17) is 11.6 Å². The number of aromatic nitrogens is 1. The molecule has 0 bridgehead atoms. The molecule has 1 aromatic heterocycles. The summed E-state index contributed by atoms with van der Waals surface area (Å²) in [5.74, 6) is 0. The van der Waals surface area contributed by atoms with Gasteiger partial charge < -0.3 is 5.32 Å². The van der Waals surface area contributed by atoms with Crippen molar-refractivity contribution in [2.45, 2.75) is 19.5 Å². The average molecular weight is 297 g/mol. The van der Waals surface area contributed by atoms with Gasteiger partial charge in [0.25, 0.3) is 0 Å². The van der Waals surface area contributed by atoms with Crippen molar-refractivity contribution in [3.8, 4) is 0 Å². The second kappa shape index (κ2) is 6.25. The number of hydrogen-bond donors (Lipinski definition) is 1. The van der Waals surface area contributed by atoms with Gasteiger partial charge >= 0.3 is 0 Å². The molecule has 0 aliphatic heterocycles. The van der Waals surface area contributed by atoms with Crippen LogP contribution in [0.15, 0.2) is 60.9 Å². The first kappa shape index (κ1) is 14.1. The normalized spacial score (nSPS) is 12.5. The Morgan fingerprint density at radius 1 is 1.05 bits per heavy atom. The summed E-state index contributed by atoms with van der Waals surface area (Å²) >= 11 is 5.93. The first-order chi connectivity index (χ1) is 10.2. The number of fused-ring (bicyclic) bond motifs is 1. The number of nitrogens with one attached hydrogen (secondary N) is 1. The molecule has 3 heteroatoms. The highest BCUT2D eigenvalue weighted by Gasteiger charge is 2.06. The third-order valence-corrected chi connectivity index (χ3v) is 3.97. The summed E-state index contributed by atoms with van der Waals surface area (Å²) in [6, 6.07) is 16.6. The average Bonchev–Trinajstić information content (AvgIpc) is 2.53. The van der Waals surface area contributed by atoms with Gasteiger partial charge in [0, 0.05) is 35.4 Å². The molecular weight excluding hydrogens is 280 g/mol. The van der Waals surface area contributed by atoms with Crippen LogP contribution in [-0.2, 0) is 6.54 Å². The highest BCUT2D eigenvalue weighted by Crippen LogP contribution is 2.19. The third kappa shape index (κ3) is 3.23. The molecule has 3 rings (SSSR count). The summed E-state index contributed by atoms with van der Waals surface area (Å²) in [6.45, 7) is 2.94. The number of hydrogen-bond acceptors (Lipinski definition) is 2. The monoisotopic (exact) mass is 296 g/mol.